The second-order valence-electron chi connectivity index (χ2n) is 6.99. The highest BCUT2D eigenvalue weighted by atomic mass is 16.5. The average Bonchev–Trinajstić information content (AvgIpc) is 2.75. The van der Waals surface area contributed by atoms with Gasteiger partial charge in [-0.1, -0.05) is 12.1 Å². The standard InChI is InChI=1S/C21H32N4O4/c1-5-8-22-20(26)15-24-9-11-25(12-10-24)16(2)21(27)23-14-17-6-7-18(28-3)19(13-17)29-4/h5-7,13,16H,1,8-12,14-15H2,2-4H3,(H,22,26)(H,23,27). The molecule has 0 aliphatic carbocycles. The third-order valence-electron chi connectivity index (χ3n) is 5.06. The van der Waals surface area contributed by atoms with E-state index in [1.807, 2.05) is 25.1 Å². The highest BCUT2D eigenvalue weighted by molar-refractivity contribution is 5.81. The third-order valence-corrected chi connectivity index (χ3v) is 5.06. The number of hydrogen-bond acceptors (Lipinski definition) is 6. The summed E-state index contributed by atoms with van der Waals surface area (Å²) in [5.41, 5.74) is 0.943. The molecule has 2 amide bonds. The average molecular weight is 405 g/mol. The summed E-state index contributed by atoms with van der Waals surface area (Å²) in [6.07, 6.45) is 1.66. The van der Waals surface area contributed by atoms with Crippen LogP contribution in [0, 0.1) is 0 Å². The van der Waals surface area contributed by atoms with Crippen molar-refractivity contribution in [2.45, 2.75) is 19.5 Å². The van der Waals surface area contributed by atoms with Crippen LogP contribution in [0.2, 0.25) is 0 Å². The highest BCUT2D eigenvalue weighted by Crippen LogP contribution is 2.27. The Morgan fingerprint density at radius 2 is 1.83 bits per heavy atom. The van der Waals surface area contributed by atoms with Crippen molar-refractivity contribution in [3.05, 3.63) is 36.4 Å². The van der Waals surface area contributed by atoms with Crippen LogP contribution in [0.3, 0.4) is 0 Å². The number of carbonyl (C=O) groups is 2. The predicted molar refractivity (Wildman–Crippen MR) is 112 cm³/mol. The van der Waals surface area contributed by atoms with E-state index >= 15 is 0 Å². The summed E-state index contributed by atoms with van der Waals surface area (Å²) in [7, 11) is 3.18. The minimum absolute atomic E-state index is 0.000869. The number of hydrogen-bond donors (Lipinski definition) is 2. The molecule has 1 saturated heterocycles. The molecular formula is C21H32N4O4. The van der Waals surface area contributed by atoms with Crippen LogP contribution >= 0.6 is 0 Å². The molecule has 2 rings (SSSR count). The van der Waals surface area contributed by atoms with Crippen molar-refractivity contribution >= 4 is 11.8 Å². The van der Waals surface area contributed by atoms with Crippen molar-refractivity contribution in [1.29, 1.82) is 0 Å². The molecule has 1 fully saturated rings. The fourth-order valence-electron chi connectivity index (χ4n) is 3.25. The van der Waals surface area contributed by atoms with Gasteiger partial charge in [-0.2, -0.15) is 0 Å². The summed E-state index contributed by atoms with van der Waals surface area (Å²) in [4.78, 5) is 28.6. The summed E-state index contributed by atoms with van der Waals surface area (Å²) < 4.78 is 10.5. The van der Waals surface area contributed by atoms with Crippen molar-refractivity contribution in [2.75, 3.05) is 53.5 Å². The summed E-state index contributed by atoms with van der Waals surface area (Å²) in [5.74, 6) is 1.28. The highest BCUT2D eigenvalue weighted by Gasteiger charge is 2.26. The van der Waals surface area contributed by atoms with E-state index in [0.717, 1.165) is 31.7 Å². The second-order valence-corrected chi connectivity index (χ2v) is 6.99. The molecule has 8 heteroatoms. The lowest BCUT2D eigenvalue weighted by molar-refractivity contribution is -0.128. The number of methoxy groups -OCH3 is 2. The number of carbonyl (C=O) groups excluding carboxylic acids is 2. The zero-order chi connectivity index (χ0) is 21.2. The molecule has 0 spiro atoms. The Morgan fingerprint density at radius 1 is 1.14 bits per heavy atom. The second kappa shape index (κ2) is 11.4. The molecule has 0 saturated carbocycles. The van der Waals surface area contributed by atoms with Crippen molar-refractivity contribution in [3.8, 4) is 11.5 Å². The van der Waals surface area contributed by atoms with Crippen LogP contribution in [0.25, 0.3) is 0 Å². The van der Waals surface area contributed by atoms with Gasteiger partial charge in [-0.05, 0) is 24.6 Å². The van der Waals surface area contributed by atoms with E-state index in [-0.39, 0.29) is 17.9 Å². The lowest BCUT2D eigenvalue weighted by Crippen LogP contribution is -2.55. The van der Waals surface area contributed by atoms with E-state index in [1.54, 1.807) is 20.3 Å². The molecule has 0 radical (unpaired) electrons. The fraction of sp³-hybridized carbons (Fsp3) is 0.524. The van der Waals surface area contributed by atoms with E-state index in [2.05, 4.69) is 27.0 Å². The van der Waals surface area contributed by atoms with Crippen molar-refractivity contribution in [1.82, 2.24) is 20.4 Å². The first kappa shape index (κ1) is 22.7. The van der Waals surface area contributed by atoms with E-state index in [4.69, 9.17) is 9.47 Å². The van der Waals surface area contributed by atoms with E-state index in [0.29, 0.717) is 31.1 Å². The lowest BCUT2D eigenvalue weighted by atomic mass is 10.1. The van der Waals surface area contributed by atoms with Gasteiger partial charge in [0.05, 0.1) is 26.8 Å². The molecule has 1 unspecified atom stereocenters. The van der Waals surface area contributed by atoms with Crippen LogP contribution < -0.4 is 20.1 Å². The fourth-order valence-corrected chi connectivity index (χ4v) is 3.25. The van der Waals surface area contributed by atoms with Gasteiger partial charge in [0.2, 0.25) is 11.8 Å². The number of benzene rings is 1. The number of rotatable bonds is 10. The Labute approximate surface area is 172 Å². The van der Waals surface area contributed by atoms with Crippen molar-refractivity contribution in [2.24, 2.45) is 0 Å². The van der Waals surface area contributed by atoms with Gasteiger partial charge >= 0.3 is 0 Å². The molecule has 1 aliphatic heterocycles. The van der Waals surface area contributed by atoms with Crippen LogP contribution in [0.1, 0.15) is 12.5 Å². The maximum absolute atomic E-state index is 12.6. The Hall–Kier alpha value is -2.58. The first-order valence-corrected chi connectivity index (χ1v) is 9.81. The molecule has 0 bridgehead atoms. The molecular weight excluding hydrogens is 372 g/mol. The molecule has 1 heterocycles. The topological polar surface area (TPSA) is 83.1 Å². The zero-order valence-corrected chi connectivity index (χ0v) is 17.6. The molecule has 29 heavy (non-hydrogen) atoms. The Bertz CT molecular complexity index is 702. The van der Waals surface area contributed by atoms with Crippen molar-refractivity contribution in [3.63, 3.8) is 0 Å². The summed E-state index contributed by atoms with van der Waals surface area (Å²) in [5, 5.41) is 5.77. The van der Waals surface area contributed by atoms with Gasteiger partial charge in [0, 0.05) is 39.3 Å². The van der Waals surface area contributed by atoms with Crippen molar-refractivity contribution < 1.29 is 19.1 Å². The Kier molecular flexibility index (Phi) is 8.95. The third kappa shape index (κ3) is 6.76. The lowest BCUT2D eigenvalue weighted by Gasteiger charge is -2.37. The van der Waals surface area contributed by atoms with Gasteiger partial charge in [0.15, 0.2) is 11.5 Å². The number of amides is 2. The molecule has 1 atom stereocenters. The Morgan fingerprint density at radius 3 is 2.45 bits per heavy atom. The number of piperazine rings is 1. The SMILES string of the molecule is C=CCNC(=O)CN1CCN(C(C)C(=O)NCc2ccc(OC)c(OC)c2)CC1. The van der Waals surface area contributed by atoms with Gasteiger partial charge in [-0.3, -0.25) is 19.4 Å². The minimum Gasteiger partial charge on any atom is -0.493 e. The van der Waals surface area contributed by atoms with E-state index in [9.17, 15) is 9.59 Å². The minimum atomic E-state index is -0.230. The number of ether oxygens (including phenoxy) is 2. The normalized spacial score (nSPS) is 16.0. The molecule has 1 aliphatic rings. The first-order chi connectivity index (χ1) is 14.0. The first-order valence-electron chi connectivity index (χ1n) is 9.81. The smallest absolute Gasteiger partial charge is 0.237 e. The van der Waals surface area contributed by atoms with Crippen LogP contribution in [0.15, 0.2) is 30.9 Å². The van der Waals surface area contributed by atoms with Gasteiger partial charge < -0.3 is 20.1 Å². The summed E-state index contributed by atoms with van der Waals surface area (Å²) >= 11 is 0. The van der Waals surface area contributed by atoms with Gasteiger partial charge in [-0.25, -0.2) is 0 Å². The summed E-state index contributed by atoms with van der Waals surface area (Å²) in [6.45, 7) is 9.80. The molecule has 160 valence electrons. The molecule has 8 nitrogen and oxygen atoms in total. The van der Waals surface area contributed by atoms with Gasteiger partial charge in [-0.15, -0.1) is 6.58 Å². The monoisotopic (exact) mass is 404 g/mol. The van der Waals surface area contributed by atoms with Crippen LogP contribution in [-0.4, -0.2) is 81.1 Å². The maximum atomic E-state index is 12.6. The van der Waals surface area contributed by atoms with Gasteiger partial charge in [0.1, 0.15) is 0 Å². The number of nitrogens with one attached hydrogen (secondary N) is 2. The van der Waals surface area contributed by atoms with Crippen LogP contribution in [-0.2, 0) is 16.1 Å². The quantitative estimate of drug-likeness (QED) is 0.557. The van der Waals surface area contributed by atoms with Crippen LogP contribution in [0.5, 0.6) is 11.5 Å². The molecule has 1 aromatic rings. The number of nitrogens with zero attached hydrogens (tertiary/aromatic N) is 2. The molecule has 1 aromatic carbocycles. The predicted octanol–water partition coefficient (Wildman–Crippen LogP) is 0.628. The van der Waals surface area contributed by atoms with E-state index < -0.39 is 0 Å². The maximum Gasteiger partial charge on any atom is 0.237 e. The zero-order valence-electron chi connectivity index (χ0n) is 17.6. The Balaban J connectivity index is 1.78. The molecule has 0 aromatic heterocycles. The molecule has 2 N–H and O–H groups in total. The van der Waals surface area contributed by atoms with E-state index in [1.165, 1.54) is 0 Å². The van der Waals surface area contributed by atoms with Crippen LogP contribution in [0.4, 0.5) is 0 Å². The van der Waals surface area contributed by atoms with Gasteiger partial charge in [0.25, 0.3) is 0 Å². The largest absolute Gasteiger partial charge is 0.493 e. The summed E-state index contributed by atoms with van der Waals surface area (Å²) in [6, 6.07) is 5.36.